The van der Waals surface area contributed by atoms with Gasteiger partial charge in [-0.05, 0) is 26.6 Å². The van der Waals surface area contributed by atoms with E-state index in [2.05, 4.69) is 10.3 Å². The lowest BCUT2D eigenvalue weighted by atomic mass is 10.1. The van der Waals surface area contributed by atoms with Crippen LogP contribution in [0.1, 0.15) is 16.8 Å². The van der Waals surface area contributed by atoms with Gasteiger partial charge in [0.2, 0.25) is 0 Å². The van der Waals surface area contributed by atoms with Crippen molar-refractivity contribution in [2.45, 2.75) is 12.5 Å². The summed E-state index contributed by atoms with van der Waals surface area (Å²) in [6.07, 6.45) is 0.888. The van der Waals surface area contributed by atoms with Crippen molar-refractivity contribution in [2.75, 3.05) is 32.6 Å². The molecule has 114 valence electrons. The van der Waals surface area contributed by atoms with E-state index in [1.165, 1.54) is 12.1 Å². The number of anilines is 1. The van der Waals surface area contributed by atoms with Crippen LogP contribution in [0.3, 0.4) is 0 Å². The van der Waals surface area contributed by atoms with Gasteiger partial charge in [0.15, 0.2) is 0 Å². The molecule has 8 heteroatoms. The Kier molecular flexibility index (Phi) is 4.39. The number of nitro benzene ring substituents is 1. The number of nitrogens with one attached hydrogen (secondary N) is 1. The lowest BCUT2D eigenvalue weighted by Crippen LogP contribution is -2.35. The number of hydrazine groups is 1. The van der Waals surface area contributed by atoms with Crippen LogP contribution in [0.4, 0.5) is 11.4 Å². The van der Waals surface area contributed by atoms with Gasteiger partial charge in [-0.1, -0.05) is 6.07 Å². The van der Waals surface area contributed by atoms with E-state index in [4.69, 9.17) is 5.84 Å². The van der Waals surface area contributed by atoms with Crippen molar-refractivity contribution in [3.63, 3.8) is 0 Å². The number of nitrogens with two attached hydrogens (primary N) is 1. The molecule has 1 aromatic rings. The zero-order valence-corrected chi connectivity index (χ0v) is 12.1. The molecule has 8 nitrogen and oxygen atoms in total. The third-order valence-electron chi connectivity index (χ3n) is 3.79. The van der Waals surface area contributed by atoms with Crippen LogP contribution in [0.5, 0.6) is 0 Å². The van der Waals surface area contributed by atoms with Crippen LogP contribution in [-0.4, -0.2) is 53.9 Å². The van der Waals surface area contributed by atoms with Gasteiger partial charge < -0.3 is 15.2 Å². The minimum absolute atomic E-state index is 0.0563. The fourth-order valence-corrected chi connectivity index (χ4v) is 2.54. The topological polar surface area (TPSA) is 105 Å². The van der Waals surface area contributed by atoms with Crippen molar-refractivity contribution in [2.24, 2.45) is 5.84 Å². The summed E-state index contributed by atoms with van der Waals surface area (Å²) < 4.78 is 0. The number of rotatable bonds is 4. The fraction of sp³-hybridized carbons (Fsp3) is 0.462. The van der Waals surface area contributed by atoms with Crippen LogP contribution in [0, 0.1) is 10.1 Å². The Hall–Kier alpha value is -2.19. The summed E-state index contributed by atoms with van der Waals surface area (Å²) in [4.78, 5) is 26.8. The molecule has 1 saturated heterocycles. The molecule has 0 aromatic heterocycles. The molecule has 1 heterocycles. The van der Waals surface area contributed by atoms with Gasteiger partial charge >= 0.3 is 0 Å². The molecule has 1 aliphatic rings. The first-order chi connectivity index (χ1) is 9.95. The summed E-state index contributed by atoms with van der Waals surface area (Å²) in [5.41, 5.74) is 2.37. The molecule has 0 bridgehead atoms. The quantitative estimate of drug-likeness (QED) is 0.480. The van der Waals surface area contributed by atoms with Crippen molar-refractivity contribution in [1.29, 1.82) is 0 Å². The second kappa shape index (κ2) is 6.06. The van der Waals surface area contributed by atoms with Crippen LogP contribution >= 0.6 is 0 Å². The highest BCUT2D eigenvalue weighted by Crippen LogP contribution is 2.29. The van der Waals surface area contributed by atoms with Crippen molar-refractivity contribution >= 4 is 17.3 Å². The Bertz CT molecular complexity index is 561. The van der Waals surface area contributed by atoms with Crippen LogP contribution in [0.15, 0.2) is 18.2 Å². The second-order valence-corrected chi connectivity index (χ2v) is 5.26. The van der Waals surface area contributed by atoms with E-state index in [-0.39, 0.29) is 22.8 Å². The predicted octanol–water partition coefficient (Wildman–Crippen LogP) is 0.657. The summed E-state index contributed by atoms with van der Waals surface area (Å²) in [5, 5.41) is 11.0. The Morgan fingerprint density at radius 1 is 1.52 bits per heavy atom. The van der Waals surface area contributed by atoms with Gasteiger partial charge in [0.1, 0.15) is 5.69 Å². The third-order valence-corrected chi connectivity index (χ3v) is 3.79. The number of nitrogen functional groups attached to an aromatic ring is 1. The standard InChI is InChI=1S/C13H19N5O3/c1-16(2)9-6-7-17(8-9)13(19)10-4-3-5-11(18(20)21)12(10)15-14/h3-5,9,15H,6-8,14H2,1-2H3. The van der Waals surface area contributed by atoms with E-state index in [0.717, 1.165) is 6.42 Å². The largest absolute Gasteiger partial charge is 0.337 e. The molecule has 2 rings (SSSR count). The third kappa shape index (κ3) is 2.96. The number of benzene rings is 1. The molecule has 0 spiro atoms. The number of amides is 1. The van der Waals surface area contributed by atoms with Crippen molar-refractivity contribution in [3.8, 4) is 0 Å². The molecular weight excluding hydrogens is 274 g/mol. The zero-order valence-electron chi connectivity index (χ0n) is 12.1. The Morgan fingerprint density at radius 2 is 2.24 bits per heavy atom. The van der Waals surface area contributed by atoms with Gasteiger partial charge in [0.05, 0.1) is 10.5 Å². The average Bonchev–Trinajstić information content (AvgIpc) is 2.95. The second-order valence-electron chi connectivity index (χ2n) is 5.26. The minimum Gasteiger partial charge on any atom is -0.337 e. The molecule has 3 N–H and O–H groups in total. The number of likely N-dealkylation sites (N-methyl/N-ethyl adjacent to an activating group) is 1. The molecular formula is C13H19N5O3. The van der Waals surface area contributed by atoms with E-state index < -0.39 is 4.92 Å². The monoisotopic (exact) mass is 293 g/mol. The SMILES string of the molecule is CN(C)C1CCN(C(=O)c2cccc([N+](=O)[O-])c2NN)C1. The highest BCUT2D eigenvalue weighted by molar-refractivity contribution is 6.01. The first-order valence-corrected chi connectivity index (χ1v) is 6.65. The van der Waals surface area contributed by atoms with Crippen molar-refractivity contribution in [3.05, 3.63) is 33.9 Å². The van der Waals surface area contributed by atoms with E-state index in [1.807, 2.05) is 14.1 Å². The van der Waals surface area contributed by atoms with Crippen molar-refractivity contribution < 1.29 is 9.72 Å². The van der Waals surface area contributed by atoms with Gasteiger partial charge in [0, 0.05) is 25.2 Å². The number of carbonyl (C=O) groups excluding carboxylic acids is 1. The molecule has 1 aromatic carbocycles. The van der Waals surface area contributed by atoms with E-state index in [9.17, 15) is 14.9 Å². The van der Waals surface area contributed by atoms with Crippen LogP contribution in [0.2, 0.25) is 0 Å². The number of nitrogens with zero attached hydrogens (tertiary/aromatic N) is 3. The smallest absolute Gasteiger partial charge is 0.294 e. The number of hydrogen-bond donors (Lipinski definition) is 2. The van der Waals surface area contributed by atoms with Crippen LogP contribution in [-0.2, 0) is 0 Å². The summed E-state index contributed by atoms with van der Waals surface area (Å²) in [7, 11) is 3.94. The first-order valence-electron chi connectivity index (χ1n) is 6.65. The Labute approximate surface area is 122 Å². The van der Waals surface area contributed by atoms with Gasteiger partial charge in [-0.25, -0.2) is 0 Å². The molecule has 1 amide bonds. The maximum atomic E-state index is 12.6. The first kappa shape index (κ1) is 15.2. The minimum atomic E-state index is -0.557. The maximum Gasteiger partial charge on any atom is 0.294 e. The van der Waals surface area contributed by atoms with Crippen molar-refractivity contribution in [1.82, 2.24) is 9.80 Å². The molecule has 1 atom stereocenters. The number of nitro groups is 1. The molecule has 1 aliphatic heterocycles. The van der Waals surface area contributed by atoms with E-state index >= 15 is 0 Å². The van der Waals surface area contributed by atoms with Crippen LogP contribution in [0.25, 0.3) is 0 Å². The number of likely N-dealkylation sites (tertiary alicyclic amines) is 1. The molecule has 0 saturated carbocycles. The summed E-state index contributed by atoms with van der Waals surface area (Å²) in [5.74, 6) is 5.13. The average molecular weight is 293 g/mol. The Balaban J connectivity index is 2.28. The van der Waals surface area contributed by atoms with Crippen LogP contribution < -0.4 is 11.3 Å². The zero-order chi connectivity index (χ0) is 15.6. The molecule has 1 unspecified atom stereocenters. The summed E-state index contributed by atoms with van der Waals surface area (Å²) >= 11 is 0. The highest BCUT2D eigenvalue weighted by Gasteiger charge is 2.30. The number of hydrogen-bond acceptors (Lipinski definition) is 6. The number of para-hydroxylation sites is 1. The normalized spacial score (nSPS) is 18.1. The molecule has 21 heavy (non-hydrogen) atoms. The molecule has 0 radical (unpaired) electrons. The highest BCUT2D eigenvalue weighted by atomic mass is 16.6. The lowest BCUT2D eigenvalue weighted by Gasteiger charge is -2.21. The predicted molar refractivity (Wildman–Crippen MR) is 78.9 cm³/mol. The lowest BCUT2D eigenvalue weighted by molar-refractivity contribution is -0.384. The van der Waals surface area contributed by atoms with Gasteiger partial charge in [-0.3, -0.25) is 20.8 Å². The molecule has 1 fully saturated rings. The van der Waals surface area contributed by atoms with Gasteiger partial charge in [-0.2, -0.15) is 0 Å². The molecule has 0 aliphatic carbocycles. The van der Waals surface area contributed by atoms with E-state index in [1.54, 1.807) is 11.0 Å². The van der Waals surface area contributed by atoms with Gasteiger partial charge in [0.25, 0.3) is 11.6 Å². The maximum absolute atomic E-state index is 12.6. The van der Waals surface area contributed by atoms with E-state index in [0.29, 0.717) is 19.1 Å². The summed E-state index contributed by atoms with van der Waals surface area (Å²) in [6.45, 7) is 1.24. The Morgan fingerprint density at radius 3 is 2.76 bits per heavy atom. The summed E-state index contributed by atoms with van der Waals surface area (Å²) in [6, 6.07) is 4.67. The number of carbonyl (C=O) groups is 1. The van der Waals surface area contributed by atoms with Gasteiger partial charge in [-0.15, -0.1) is 0 Å². The fourth-order valence-electron chi connectivity index (χ4n) is 2.54.